The van der Waals surface area contributed by atoms with E-state index >= 15 is 0 Å². The Kier molecular flexibility index (Phi) is 2.73. The monoisotopic (exact) mass is 332 g/mol. The normalized spacial score (nSPS) is 11.9. The van der Waals surface area contributed by atoms with E-state index in [1.165, 1.54) is 47.3 Å². The third kappa shape index (κ3) is 1.84. The standard InChI is InChI=1S/C21H13ClS/c1-12-6-8-15-17(10-12)14-9-7-13(22)11-18(14)21-20(15)16-4-2-3-5-19(16)23-21/h2-11H,1H3. The van der Waals surface area contributed by atoms with Crippen LogP contribution in [0.2, 0.25) is 5.02 Å². The van der Waals surface area contributed by atoms with Crippen molar-refractivity contribution in [2.24, 2.45) is 0 Å². The first-order valence-corrected chi connectivity index (χ1v) is 8.85. The van der Waals surface area contributed by atoms with Crippen molar-refractivity contribution in [2.45, 2.75) is 6.92 Å². The fraction of sp³-hybridized carbons (Fsp3) is 0.0476. The van der Waals surface area contributed by atoms with E-state index in [2.05, 4.69) is 61.5 Å². The molecule has 0 radical (unpaired) electrons. The fourth-order valence-electron chi connectivity index (χ4n) is 3.54. The maximum atomic E-state index is 6.30. The number of hydrogen-bond donors (Lipinski definition) is 0. The van der Waals surface area contributed by atoms with Crippen LogP contribution in [-0.4, -0.2) is 0 Å². The average Bonchev–Trinajstić information content (AvgIpc) is 2.94. The number of fused-ring (bicyclic) bond motifs is 8. The maximum Gasteiger partial charge on any atom is 0.0440 e. The molecule has 0 aliphatic heterocycles. The highest BCUT2D eigenvalue weighted by Crippen LogP contribution is 2.44. The minimum atomic E-state index is 0.795. The molecule has 0 unspecified atom stereocenters. The summed E-state index contributed by atoms with van der Waals surface area (Å²) < 4.78 is 2.66. The number of aryl methyl sites for hydroxylation is 1. The van der Waals surface area contributed by atoms with Gasteiger partial charge in [-0.1, -0.05) is 59.6 Å². The zero-order valence-electron chi connectivity index (χ0n) is 12.6. The SMILES string of the molecule is Cc1ccc2c(c1)c1ccc(Cl)cc1c1sc3ccccc3c21. The summed E-state index contributed by atoms with van der Waals surface area (Å²) in [6, 6.07) is 21.7. The van der Waals surface area contributed by atoms with E-state index in [0.717, 1.165) is 5.02 Å². The van der Waals surface area contributed by atoms with E-state index in [-0.39, 0.29) is 0 Å². The van der Waals surface area contributed by atoms with Gasteiger partial charge in [0.2, 0.25) is 0 Å². The number of rotatable bonds is 0. The minimum Gasteiger partial charge on any atom is -0.135 e. The van der Waals surface area contributed by atoms with Crippen molar-refractivity contribution in [1.29, 1.82) is 0 Å². The Hall–Kier alpha value is -2.09. The van der Waals surface area contributed by atoms with Crippen molar-refractivity contribution in [3.63, 3.8) is 0 Å². The number of halogens is 1. The molecule has 23 heavy (non-hydrogen) atoms. The van der Waals surface area contributed by atoms with Crippen LogP contribution in [0.3, 0.4) is 0 Å². The molecule has 0 N–H and O–H groups in total. The second kappa shape index (κ2) is 4.70. The molecule has 5 aromatic rings. The van der Waals surface area contributed by atoms with Crippen molar-refractivity contribution in [1.82, 2.24) is 0 Å². The molecule has 1 heterocycles. The Balaban J connectivity index is 2.21. The zero-order valence-corrected chi connectivity index (χ0v) is 14.1. The maximum absolute atomic E-state index is 6.30. The minimum absolute atomic E-state index is 0.795. The highest BCUT2D eigenvalue weighted by atomic mass is 35.5. The van der Waals surface area contributed by atoms with Crippen LogP contribution in [0.15, 0.2) is 60.7 Å². The van der Waals surface area contributed by atoms with Crippen molar-refractivity contribution in [3.05, 3.63) is 71.2 Å². The van der Waals surface area contributed by atoms with Gasteiger partial charge in [-0.3, -0.25) is 0 Å². The van der Waals surface area contributed by atoms with Gasteiger partial charge in [0.25, 0.3) is 0 Å². The van der Waals surface area contributed by atoms with Crippen LogP contribution < -0.4 is 0 Å². The number of hydrogen-bond acceptors (Lipinski definition) is 1. The molecule has 5 rings (SSSR count). The highest BCUT2D eigenvalue weighted by Gasteiger charge is 2.14. The van der Waals surface area contributed by atoms with Gasteiger partial charge in [0.1, 0.15) is 0 Å². The highest BCUT2D eigenvalue weighted by molar-refractivity contribution is 7.27. The molecule has 0 saturated carbocycles. The molecule has 0 saturated heterocycles. The summed E-state index contributed by atoms with van der Waals surface area (Å²) in [6.07, 6.45) is 0. The summed E-state index contributed by atoms with van der Waals surface area (Å²) >= 11 is 8.17. The molecule has 2 heteroatoms. The van der Waals surface area contributed by atoms with Gasteiger partial charge >= 0.3 is 0 Å². The molecular weight excluding hydrogens is 320 g/mol. The fourth-order valence-corrected chi connectivity index (χ4v) is 4.96. The number of thiophene rings is 1. The van der Waals surface area contributed by atoms with Gasteiger partial charge in [0.15, 0.2) is 0 Å². The molecule has 0 amide bonds. The van der Waals surface area contributed by atoms with Crippen LogP contribution >= 0.6 is 22.9 Å². The molecule has 0 aliphatic carbocycles. The van der Waals surface area contributed by atoms with Gasteiger partial charge in [0.05, 0.1) is 0 Å². The van der Waals surface area contributed by atoms with Crippen molar-refractivity contribution in [3.8, 4) is 0 Å². The second-order valence-electron chi connectivity index (χ2n) is 6.04. The topological polar surface area (TPSA) is 0 Å². The number of benzene rings is 4. The van der Waals surface area contributed by atoms with Crippen molar-refractivity contribution >= 4 is 64.7 Å². The zero-order chi connectivity index (χ0) is 15.6. The summed E-state index contributed by atoms with van der Waals surface area (Å²) in [5, 5.41) is 8.67. The summed E-state index contributed by atoms with van der Waals surface area (Å²) in [5.74, 6) is 0. The van der Waals surface area contributed by atoms with E-state index in [1.54, 1.807) is 0 Å². The molecule has 110 valence electrons. The third-order valence-electron chi connectivity index (χ3n) is 4.56. The van der Waals surface area contributed by atoms with Crippen LogP contribution in [-0.2, 0) is 0 Å². The van der Waals surface area contributed by atoms with Gasteiger partial charge in [-0.25, -0.2) is 0 Å². The van der Waals surface area contributed by atoms with Crippen LogP contribution in [0.25, 0.3) is 41.7 Å². The average molecular weight is 333 g/mol. The Bertz CT molecular complexity index is 1230. The summed E-state index contributed by atoms with van der Waals surface area (Å²) in [7, 11) is 0. The molecule has 4 aromatic carbocycles. The van der Waals surface area contributed by atoms with E-state index in [1.807, 2.05) is 17.4 Å². The van der Waals surface area contributed by atoms with Crippen LogP contribution in [0.1, 0.15) is 5.56 Å². The molecule has 1 aromatic heterocycles. The molecule has 0 bridgehead atoms. The third-order valence-corrected chi connectivity index (χ3v) is 6.00. The Morgan fingerprint density at radius 1 is 0.739 bits per heavy atom. The summed E-state index contributed by atoms with van der Waals surface area (Å²) in [4.78, 5) is 0. The first-order valence-electron chi connectivity index (χ1n) is 7.65. The van der Waals surface area contributed by atoms with Gasteiger partial charge < -0.3 is 0 Å². The molecule has 0 fully saturated rings. The molecule has 0 nitrogen and oxygen atoms in total. The van der Waals surface area contributed by atoms with Crippen LogP contribution in [0.5, 0.6) is 0 Å². The second-order valence-corrected chi connectivity index (χ2v) is 7.53. The van der Waals surface area contributed by atoms with Crippen molar-refractivity contribution in [2.75, 3.05) is 0 Å². The lowest BCUT2D eigenvalue weighted by Crippen LogP contribution is -1.82. The van der Waals surface area contributed by atoms with Gasteiger partial charge in [-0.15, -0.1) is 11.3 Å². The predicted molar refractivity (Wildman–Crippen MR) is 104 cm³/mol. The van der Waals surface area contributed by atoms with Gasteiger partial charge in [-0.05, 0) is 41.3 Å². The smallest absolute Gasteiger partial charge is 0.0440 e. The van der Waals surface area contributed by atoms with E-state index < -0.39 is 0 Å². The largest absolute Gasteiger partial charge is 0.135 e. The first kappa shape index (κ1) is 13.4. The molecule has 0 aliphatic rings. The Morgan fingerprint density at radius 2 is 1.57 bits per heavy atom. The Labute approximate surface area is 142 Å². The quantitative estimate of drug-likeness (QED) is 0.260. The lowest BCUT2D eigenvalue weighted by atomic mass is 9.96. The Morgan fingerprint density at radius 3 is 2.48 bits per heavy atom. The van der Waals surface area contributed by atoms with Crippen LogP contribution in [0, 0.1) is 6.92 Å². The van der Waals surface area contributed by atoms with E-state index in [9.17, 15) is 0 Å². The van der Waals surface area contributed by atoms with E-state index in [4.69, 9.17) is 11.6 Å². The van der Waals surface area contributed by atoms with Gasteiger partial charge in [0, 0.05) is 30.6 Å². The van der Waals surface area contributed by atoms with E-state index in [0.29, 0.717) is 0 Å². The predicted octanol–water partition coefficient (Wildman–Crippen LogP) is 7.32. The summed E-state index contributed by atoms with van der Waals surface area (Å²) in [5.41, 5.74) is 1.28. The lowest BCUT2D eigenvalue weighted by molar-refractivity contribution is 1.51. The lowest BCUT2D eigenvalue weighted by Gasteiger charge is -2.09. The van der Waals surface area contributed by atoms with Crippen molar-refractivity contribution < 1.29 is 0 Å². The molecule has 0 atom stereocenters. The first-order chi connectivity index (χ1) is 11.2. The summed E-state index contributed by atoms with van der Waals surface area (Å²) in [6.45, 7) is 2.15. The molecular formula is C21H13ClS. The van der Waals surface area contributed by atoms with Gasteiger partial charge in [-0.2, -0.15) is 0 Å². The van der Waals surface area contributed by atoms with Crippen LogP contribution in [0.4, 0.5) is 0 Å². The molecule has 0 spiro atoms.